The number of hydrogen-bond donors (Lipinski definition) is 1. The van der Waals surface area contributed by atoms with Crippen molar-refractivity contribution in [3.63, 3.8) is 0 Å². The summed E-state index contributed by atoms with van der Waals surface area (Å²) in [5.41, 5.74) is 2.21. The largest absolute Gasteiger partial charge is 0.482 e. The van der Waals surface area contributed by atoms with Crippen molar-refractivity contribution < 1.29 is 4.74 Å². The first-order valence-electron chi connectivity index (χ1n) is 7.59. The van der Waals surface area contributed by atoms with Crippen LogP contribution in [0.4, 0.5) is 5.82 Å². The third kappa shape index (κ3) is 3.69. The van der Waals surface area contributed by atoms with Crippen molar-refractivity contribution in [2.24, 2.45) is 7.05 Å². The predicted octanol–water partition coefficient (Wildman–Crippen LogP) is 3.57. The summed E-state index contributed by atoms with van der Waals surface area (Å²) in [5, 5.41) is 3.32. The number of hydrogen-bond acceptors (Lipinski definition) is 4. The van der Waals surface area contributed by atoms with Gasteiger partial charge in [-0.25, -0.2) is 9.97 Å². The first kappa shape index (κ1) is 15.1. The lowest BCUT2D eigenvalue weighted by atomic mass is 10.1. The molecule has 1 atom stereocenters. The second-order valence-corrected chi connectivity index (χ2v) is 5.37. The molecule has 2 heterocycles. The van der Waals surface area contributed by atoms with Crippen molar-refractivity contribution in [3.05, 3.63) is 72.4 Å². The highest BCUT2D eigenvalue weighted by Crippen LogP contribution is 2.27. The molecule has 3 rings (SSSR count). The minimum atomic E-state index is -0.0438. The van der Waals surface area contributed by atoms with Gasteiger partial charge in [0.1, 0.15) is 6.10 Å². The summed E-state index contributed by atoms with van der Waals surface area (Å²) in [6.45, 7) is 2.68. The Morgan fingerprint density at radius 3 is 2.74 bits per heavy atom. The molecule has 0 aliphatic carbocycles. The lowest BCUT2D eigenvalue weighted by Crippen LogP contribution is -2.09. The first-order valence-corrected chi connectivity index (χ1v) is 7.59. The summed E-state index contributed by atoms with van der Waals surface area (Å²) < 4.78 is 8.06. The first-order chi connectivity index (χ1) is 11.2. The molecule has 0 bridgehead atoms. The smallest absolute Gasteiger partial charge is 0.169 e. The lowest BCUT2D eigenvalue weighted by Gasteiger charge is -2.17. The summed E-state index contributed by atoms with van der Waals surface area (Å²) in [4.78, 5) is 8.50. The van der Waals surface area contributed by atoms with Crippen LogP contribution in [0.2, 0.25) is 0 Å². The van der Waals surface area contributed by atoms with Crippen LogP contribution in [-0.4, -0.2) is 14.5 Å². The van der Waals surface area contributed by atoms with Gasteiger partial charge < -0.3 is 14.6 Å². The Kier molecular flexibility index (Phi) is 4.57. The van der Waals surface area contributed by atoms with Gasteiger partial charge in [-0.15, -0.1) is 0 Å². The molecule has 118 valence electrons. The molecule has 0 spiro atoms. The van der Waals surface area contributed by atoms with Crippen molar-refractivity contribution in [2.45, 2.75) is 19.6 Å². The average Bonchev–Trinajstić information content (AvgIpc) is 3.00. The molecule has 3 aromatic rings. The summed E-state index contributed by atoms with van der Waals surface area (Å²) in [7, 11) is 1.97. The molecule has 23 heavy (non-hydrogen) atoms. The molecule has 1 N–H and O–H groups in total. The van der Waals surface area contributed by atoms with Crippen molar-refractivity contribution in [3.8, 4) is 5.75 Å². The van der Waals surface area contributed by atoms with E-state index in [9.17, 15) is 0 Å². The number of aryl methyl sites for hydroxylation is 1. The fraction of sp³-hybridized carbons (Fsp3) is 0.222. The number of imidazole rings is 1. The molecular formula is C18H20N4O. The number of nitrogens with zero attached hydrogens (tertiary/aromatic N) is 3. The Balaban J connectivity index is 1.72. The minimum Gasteiger partial charge on any atom is -0.482 e. The van der Waals surface area contributed by atoms with E-state index < -0.39 is 0 Å². The zero-order valence-electron chi connectivity index (χ0n) is 13.3. The molecule has 1 aromatic carbocycles. The summed E-state index contributed by atoms with van der Waals surface area (Å²) in [6, 6.07) is 14.0. The number of nitrogens with one attached hydrogen (secondary N) is 1. The highest BCUT2D eigenvalue weighted by Gasteiger charge is 2.11. The Hall–Kier alpha value is -2.82. The number of benzene rings is 1. The van der Waals surface area contributed by atoms with Gasteiger partial charge in [0.2, 0.25) is 0 Å². The van der Waals surface area contributed by atoms with E-state index in [1.165, 1.54) is 0 Å². The minimum absolute atomic E-state index is 0.0438. The van der Waals surface area contributed by atoms with Crippen LogP contribution in [0.1, 0.15) is 24.3 Å². The Labute approximate surface area is 136 Å². The number of pyridine rings is 1. The van der Waals surface area contributed by atoms with Gasteiger partial charge in [-0.2, -0.15) is 0 Å². The lowest BCUT2D eigenvalue weighted by molar-refractivity contribution is 0.227. The fourth-order valence-corrected chi connectivity index (χ4v) is 2.33. The van der Waals surface area contributed by atoms with Gasteiger partial charge >= 0.3 is 0 Å². The van der Waals surface area contributed by atoms with Gasteiger partial charge in [0.15, 0.2) is 11.6 Å². The van der Waals surface area contributed by atoms with Crippen LogP contribution in [0.15, 0.2) is 61.2 Å². The van der Waals surface area contributed by atoms with Crippen molar-refractivity contribution >= 4 is 5.82 Å². The highest BCUT2D eigenvalue weighted by molar-refractivity contribution is 5.49. The van der Waals surface area contributed by atoms with Crippen molar-refractivity contribution in [1.29, 1.82) is 0 Å². The van der Waals surface area contributed by atoms with E-state index in [4.69, 9.17) is 4.74 Å². The number of ether oxygens (including phenoxy) is 1. The maximum atomic E-state index is 6.08. The molecule has 2 aromatic heterocycles. The normalized spacial score (nSPS) is 11.9. The van der Waals surface area contributed by atoms with Crippen LogP contribution >= 0.6 is 0 Å². The van der Waals surface area contributed by atoms with Crippen LogP contribution in [0.3, 0.4) is 0 Å². The van der Waals surface area contributed by atoms with E-state index in [0.717, 1.165) is 22.8 Å². The van der Waals surface area contributed by atoms with Crippen LogP contribution in [-0.2, 0) is 13.6 Å². The maximum absolute atomic E-state index is 6.08. The van der Waals surface area contributed by atoms with Gasteiger partial charge in [-0.1, -0.05) is 30.3 Å². The number of rotatable bonds is 6. The van der Waals surface area contributed by atoms with Gasteiger partial charge in [0, 0.05) is 19.4 Å². The molecule has 0 amide bonds. The molecule has 0 aliphatic rings. The zero-order valence-corrected chi connectivity index (χ0v) is 13.3. The quantitative estimate of drug-likeness (QED) is 0.756. The molecule has 0 saturated carbocycles. The summed E-state index contributed by atoms with van der Waals surface area (Å²) >= 11 is 0. The molecule has 0 radical (unpaired) electrons. The third-order valence-electron chi connectivity index (χ3n) is 3.70. The van der Waals surface area contributed by atoms with E-state index in [1.807, 2.05) is 55.1 Å². The Morgan fingerprint density at radius 2 is 2.00 bits per heavy atom. The molecule has 0 saturated heterocycles. The third-order valence-corrected chi connectivity index (χ3v) is 3.70. The number of anilines is 1. The molecule has 0 fully saturated rings. The standard InChI is InChI=1S/C18H20N4O/c1-14(15-7-4-3-5-8-15)23-17-9-6-10-20-18(17)21-12-16-11-19-13-22(16)2/h3-11,13-14H,12H2,1-2H3,(H,20,21). The SMILES string of the molecule is CC(Oc1cccnc1NCc1cncn1C)c1ccccc1. The monoisotopic (exact) mass is 308 g/mol. The van der Waals surface area contributed by atoms with Gasteiger partial charge in [0.25, 0.3) is 0 Å². The zero-order chi connectivity index (χ0) is 16.1. The second kappa shape index (κ2) is 6.96. The van der Waals surface area contributed by atoms with Crippen LogP contribution in [0.25, 0.3) is 0 Å². The van der Waals surface area contributed by atoms with Gasteiger partial charge in [-0.05, 0) is 24.6 Å². The maximum Gasteiger partial charge on any atom is 0.169 e. The topological polar surface area (TPSA) is 52.0 Å². The molecule has 5 nitrogen and oxygen atoms in total. The van der Waals surface area contributed by atoms with Crippen LogP contribution in [0.5, 0.6) is 5.75 Å². The summed E-state index contributed by atoms with van der Waals surface area (Å²) in [5.74, 6) is 1.47. The summed E-state index contributed by atoms with van der Waals surface area (Å²) in [6.07, 6.45) is 5.33. The molecule has 0 aliphatic heterocycles. The predicted molar refractivity (Wildman–Crippen MR) is 90.3 cm³/mol. The van der Waals surface area contributed by atoms with Crippen LogP contribution in [0, 0.1) is 0 Å². The fourth-order valence-electron chi connectivity index (χ4n) is 2.33. The van der Waals surface area contributed by atoms with E-state index in [0.29, 0.717) is 6.54 Å². The Morgan fingerprint density at radius 1 is 1.17 bits per heavy atom. The van der Waals surface area contributed by atoms with Crippen LogP contribution < -0.4 is 10.1 Å². The van der Waals surface area contributed by atoms with Gasteiger partial charge in [0.05, 0.1) is 18.6 Å². The van der Waals surface area contributed by atoms with Crippen molar-refractivity contribution in [2.75, 3.05) is 5.32 Å². The molecular weight excluding hydrogens is 288 g/mol. The highest BCUT2D eigenvalue weighted by atomic mass is 16.5. The van der Waals surface area contributed by atoms with E-state index >= 15 is 0 Å². The van der Waals surface area contributed by atoms with E-state index in [-0.39, 0.29) is 6.10 Å². The second-order valence-electron chi connectivity index (χ2n) is 5.37. The average molecular weight is 308 g/mol. The molecule has 1 unspecified atom stereocenters. The van der Waals surface area contributed by atoms with Gasteiger partial charge in [-0.3, -0.25) is 0 Å². The Bertz CT molecular complexity index is 754. The van der Waals surface area contributed by atoms with Crippen molar-refractivity contribution in [1.82, 2.24) is 14.5 Å². The van der Waals surface area contributed by atoms with E-state index in [2.05, 4.69) is 27.4 Å². The number of aromatic nitrogens is 3. The molecule has 5 heteroatoms. The van der Waals surface area contributed by atoms with E-state index in [1.54, 1.807) is 12.5 Å².